The van der Waals surface area contributed by atoms with Crippen molar-refractivity contribution in [2.45, 2.75) is 58.0 Å². The molecule has 0 bridgehead atoms. The highest BCUT2D eigenvalue weighted by Crippen LogP contribution is 2.28. The summed E-state index contributed by atoms with van der Waals surface area (Å²) >= 11 is 0. The van der Waals surface area contributed by atoms with Crippen LogP contribution in [-0.2, 0) is 19.5 Å². The van der Waals surface area contributed by atoms with E-state index in [0.717, 1.165) is 37.8 Å². The van der Waals surface area contributed by atoms with Gasteiger partial charge in [-0.15, -0.1) is 10.2 Å². The molecule has 1 aliphatic carbocycles. The Morgan fingerprint density at radius 2 is 2.12 bits per heavy atom. The Labute approximate surface area is 103 Å². The first kappa shape index (κ1) is 11.2. The van der Waals surface area contributed by atoms with Crippen LogP contribution in [-0.4, -0.2) is 21.3 Å². The first-order valence-electron chi connectivity index (χ1n) is 7.05. The largest absolute Gasteiger partial charge is 0.314 e. The fraction of sp³-hybridized carbons (Fsp3) is 0.846. The van der Waals surface area contributed by atoms with E-state index in [4.69, 9.17) is 0 Å². The van der Waals surface area contributed by atoms with Gasteiger partial charge in [0.1, 0.15) is 11.6 Å². The maximum atomic E-state index is 4.30. The lowest BCUT2D eigenvalue weighted by Gasteiger charge is -2.25. The zero-order valence-corrected chi connectivity index (χ0v) is 10.5. The van der Waals surface area contributed by atoms with E-state index in [-0.39, 0.29) is 0 Å². The molecule has 1 N–H and O–H groups in total. The fourth-order valence-corrected chi connectivity index (χ4v) is 2.79. The molecule has 1 aromatic heterocycles. The van der Waals surface area contributed by atoms with Gasteiger partial charge in [-0.3, -0.25) is 0 Å². The Kier molecular flexibility index (Phi) is 3.41. The second-order valence-electron chi connectivity index (χ2n) is 5.40. The highest BCUT2D eigenvalue weighted by molar-refractivity contribution is 4.98. The van der Waals surface area contributed by atoms with E-state index in [1.54, 1.807) is 0 Å². The molecule has 1 aromatic rings. The van der Waals surface area contributed by atoms with Gasteiger partial charge in [0.05, 0.1) is 6.54 Å². The topological polar surface area (TPSA) is 42.7 Å². The molecular weight excluding hydrogens is 212 g/mol. The molecule has 1 fully saturated rings. The van der Waals surface area contributed by atoms with Gasteiger partial charge in [-0.1, -0.05) is 19.3 Å². The van der Waals surface area contributed by atoms with Crippen molar-refractivity contribution in [3.05, 3.63) is 11.6 Å². The third kappa shape index (κ3) is 2.51. The van der Waals surface area contributed by atoms with Crippen LogP contribution in [0.3, 0.4) is 0 Å². The molecule has 3 rings (SSSR count). The third-order valence-electron chi connectivity index (χ3n) is 4.17. The lowest BCUT2D eigenvalue weighted by atomic mass is 9.83. The van der Waals surface area contributed by atoms with Crippen molar-refractivity contribution in [3.8, 4) is 0 Å². The second-order valence-corrected chi connectivity index (χ2v) is 5.40. The summed E-state index contributed by atoms with van der Waals surface area (Å²) in [4.78, 5) is 0. The lowest BCUT2D eigenvalue weighted by Crippen LogP contribution is -2.23. The van der Waals surface area contributed by atoms with Gasteiger partial charge in [0, 0.05) is 13.0 Å². The van der Waals surface area contributed by atoms with Gasteiger partial charge in [0.25, 0.3) is 0 Å². The van der Waals surface area contributed by atoms with E-state index >= 15 is 0 Å². The van der Waals surface area contributed by atoms with E-state index in [1.165, 1.54) is 44.3 Å². The van der Waals surface area contributed by atoms with Gasteiger partial charge in [-0.25, -0.2) is 0 Å². The van der Waals surface area contributed by atoms with Gasteiger partial charge in [0.15, 0.2) is 0 Å². The Balaban J connectivity index is 1.46. The first-order chi connectivity index (χ1) is 8.43. The van der Waals surface area contributed by atoms with Crippen LogP contribution in [0.25, 0.3) is 0 Å². The molecule has 1 saturated carbocycles. The molecule has 0 amide bonds. The highest BCUT2D eigenvalue weighted by Gasteiger charge is 2.17. The SMILES string of the molecule is C1CCn2c(nnc2CNCCC2CCC2)C1. The highest BCUT2D eigenvalue weighted by atomic mass is 15.3. The molecule has 0 spiro atoms. The molecule has 94 valence electrons. The van der Waals surface area contributed by atoms with Crippen LogP contribution in [0.5, 0.6) is 0 Å². The average molecular weight is 234 g/mol. The maximum absolute atomic E-state index is 4.30. The van der Waals surface area contributed by atoms with Crippen LogP contribution in [0.1, 0.15) is 50.2 Å². The van der Waals surface area contributed by atoms with Gasteiger partial charge < -0.3 is 9.88 Å². The first-order valence-corrected chi connectivity index (χ1v) is 7.05. The van der Waals surface area contributed by atoms with Crippen LogP contribution < -0.4 is 5.32 Å². The number of hydrogen-bond donors (Lipinski definition) is 1. The minimum atomic E-state index is 0.889. The van der Waals surface area contributed by atoms with Crippen molar-refractivity contribution in [1.29, 1.82) is 0 Å². The van der Waals surface area contributed by atoms with Crippen molar-refractivity contribution in [2.75, 3.05) is 6.54 Å². The Hall–Kier alpha value is -0.900. The third-order valence-corrected chi connectivity index (χ3v) is 4.17. The molecule has 1 aliphatic heterocycles. The zero-order chi connectivity index (χ0) is 11.5. The van der Waals surface area contributed by atoms with Crippen LogP contribution in [0.2, 0.25) is 0 Å². The van der Waals surface area contributed by atoms with E-state index in [0.29, 0.717) is 0 Å². The van der Waals surface area contributed by atoms with Crippen LogP contribution in [0, 0.1) is 5.92 Å². The molecule has 0 aromatic carbocycles. The summed E-state index contributed by atoms with van der Waals surface area (Å²) in [5, 5.41) is 12.1. The summed E-state index contributed by atoms with van der Waals surface area (Å²) < 4.78 is 2.31. The number of rotatable bonds is 5. The quantitative estimate of drug-likeness (QED) is 0.791. The fourth-order valence-electron chi connectivity index (χ4n) is 2.79. The molecule has 0 radical (unpaired) electrons. The second kappa shape index (κ2) is 5.17. The normalized spacial score (nSPS) is 20.0. The summed E-state index contributed by atoms with van der Waals surface area (Å²) in [5.41, 5.74) is 0. The lowest BCUT2D eigenvalue weighted by molar-refractivity contribution is 0.291. The molecule has 2 heterocycles. The van der Waals surface area contributed by atoms with E-state index in [2.05, 4.69) is 20.1 Å². The monoisotopic (exact) mass is 234 g/mol. The molecule has 2 aliphatic rings. The molecular formula is C13H22N4. The summed E-state index contributed by atoms with van der Waals surface area (Å²) in [7, 11) is 0. The summed E-state index contributed by atoms with van der Waals surface area (Å²) in [6, 6.07) is 0. The van der Waals surface area contributed by atoms with E-state index in [9.17, 15) is 0 Å². The summed E-state index contributed by atoms with van der Waals surface area (Å²) in [6.07, 6.45) is 9.33. The molecule has 0 unspecified atom stereocenters. The number of nitrogens with one attached hydrogen (secondary N) is 1. The number of nitrogens with zero attached hydrogens (tertiary/aromatic N) is 3. The molecule has 4 heteroatoms. The van der Waals surface area contributed by atoms with E-state index < -0.39 is 0 Å². The van der Waals surface area contributed by atoms with Crippen molar-refractivity contribution in [1.82, 2.24) is 20.1 Å². The minimum absolute atomic E-state index is 0.889. The Bertz CT molecular complexity index is 367. The molecule has 17 heavy (non-hydrogen) atoms. The number of aryl methyl sites for hydroxylation is 1. The molecule has 0 atom stereocenters. The van der Waals surface area contributed by atoms with Crippen molar-refractivity contribution in [2.24, 2.45) is 5.92 Å². The standard InChI is InChI=1S/C13H22N4/c1-2-9-17-12(6-1)15-16-13(17)10-14-8-7-11-4-3-5-11/h11,14H,1-10H2. The van der Waals surface area contributed by atoms with Crippen molar-refractivity contribution in [3.63, 3.8) is 0 Å². The molecule has 0 saturated heterocycles. The smallest absolute Gasteiger partial charge is 0.147 e. The van der Waals surface area contributed by atoms with E-state index in [1.807, 2.05) is 0 Å². The summed E-state index contributed by atoms with van der Waals surface area (Å²) in [5.74, 6) is 3.31. The van der Waals surface area contributed by atoms with Crippen molar-refractivity contribution < 1.29 is 0 Å². The Morgan fingerprint density at radius 3 is 2.94 bits per heavy atom. The van der Waals surface area contributed by atoms with Crippen LogP contribution in [0.15, 0.2) is 0 Å². The van der Waals surface area contributed by atoms with Gasteiger partial charge in [0.2, 0.25) is 0 Å². The molecule has 4 nitrogen and oxygen atoms in total. The number of hydrogen-bond acceptors (Lipinski definition) is 3. The predicted molar refractivity (Wildman–Crippen MR) is 66.6 cm³/mol. The maximum Gasteiger partial charge on any atom is 0.147 e. The zero-order valence-electron chi connectivity index (χ0n) is 10.5. The van der Waals surface area contributed by atoms with Crippen LogP contribution >= 0.6 is 0 Å². The number of fused-ring (bicyclic) bond motifs is 1. The Morgan fingerprint density at radius 1 is 1.18 bits per heavy atom. The minimum Gasteiger partial charge on any atom is -0.314 e. The number of aromatic nitrogens is 3. The van der Waals surface area contributed by atoms with Gasteiger partial charge in [-0.05, 0) is 31.7 Å². The average Bonchev–Trinajstić information content (AvgIpc) is 2.70. The summed E-state index contributed by atoms with van der Waals surface area (Å²) in [6.45, 7) is 3.13. The predicted octanol–water partition coefficient (Wildman–Crippen LogP) is 1.89. The van der Waals surface area contributed by atoms with Crippen molar-refractivity contribution >= 4 is 0 Å². The van der Waals surface area contributed by atoms with Gasteiger partial charge >= 0.3 is 0 Å². The van der Waals surface area contributed by atoms with Gasteiger partial charge in [-0.2, -0.15) is 0 Å². The van der Waals surface area contributed by atoms with Crippen LogP contribution in [0.4, 0.5) is 0 Å².